The van der Waals surface area contributed by atoms with Gasteiger partial charge in [0.15, 0.2) is 0 Å². The summed E-state index contributed by atoms with van der Waals surface area (Å²) in [6, 6.07) is 7.40. The molecular weight excluding hydrogens is 312 g/mol. The molecule has 0 fully saturated rings. The average Bonchev–Trinajstić information content (AvgIpc) is 2.52. The van der Waals surface area contributed by atoms with Crippen LogP contribution in [0.1, 0.15) is 57.9 Å². The Kier molecular flexibility index (Phi) is 9.96. The van der Waals surface area contributed by atoms with Gasteiger partial charge in [0.25, 0.3) is 0 Å². The molecule has 0 unspecified atom stereocenters. The summed E-state index contributed by atoms with van der Waals surface area (Å²) in [7, 11) is -3.60. The zero-order chi connectivity index (χ0) is 17.0. The van der Waals surface area contributed by atoms with Crippen LogP contribution in [0.5, 0.6) is 5.75 Å². The highest BCUT2D eigenvalue weighted by Crippen LogP contribution is 2.22. The number of unbranched alkanes of at least 4 members (excludes halogenated alkanes) is 5. The largest absolute Gasteiger partial charge is 0.382 e. The number of hydrogen-bond donors (Lipinski definition) is 0. The monoisotopic (exact) mass is 342 g/mol. The molecule has 132 valence electrons. The summed E-state index contributed by atoms with van der Waals surface area (Å²) in [5.41, 5.74) is 0.961. The van der Waals surface area contributed by atoms with E-state index in [1.165, 1.54) is 32.1 Å². The van der Waals surface area contributed by atoms with E-state index in [1.54, 1.807) is 12.1 Å². The smallest absolute Gasteiger partial charge is 0.311 e. The zero-order valence-electron chi connectivity index (χ0n) is 14.4. The second kappa shape index (κ2) is 11.5. The molecule has 0 aromatic heterocycles. The van der Waals surface area contributed by atoms with Crippen LogP contribution in [0.4, 0.5) is 0 Å². The second-order valence-corrected chi connectivity index (χ2v) is 7.36. The maximum absolute atomic E-state index is 12.0. The van der Waals surface area contributed by atoms with E-state index >= 15 is 0 Å². The molecule has 0 amide bonds. The Balaban J connectivity index is 2.49. The van der Waals surface area contributed by atoms with Gasteiger partial charge >= 0.3 is 10.1 Å². The SMILES string of the molecule is CCCCCCCCc1ccccc1OS(=O)(=O)CCOCC. The van der Waals surface area contributed by atoms with Gasteiger partial charge < -0.3 is 8.92 Å². The van der Waals surface area contributed by atoms with Gasteiger partial charge in [-0.15, -0.1) is 0 Å². The van der Waals surface area contributed by atoms with Crippen molar-refractivity contribution in [3.8, 4) is 5.75 Å². The van der Waals surface area contributed by atoms with Gasteiger partial charge in [0.05, 0.1) is 6.61 Å². The summed E-state index contributed by atoms with van der Waals surface area (Å²) >= 11 is 0. The van der Waals surface area contributed by atoms with E-state index in [4.69, 9.17) is 8.92 Å². The van der Waals surface area contributed by atoms with Crippen LogP contribution in [0.25, 0.3) is 0 Å². The first-order valence-electron chi connectivity index (χ1n) is 8.67. The number of benzene rings is 1. The average molecular weight is 343 g/mol. The molecule has 1 rings (SSSR count). The van der Waals surface area contributed by atoms with Gasteiger partial charge in [-0.3, -0.25) is 0 Å². The van der Waals surface area contributed by atoms with Gasteiger partial charge in [-0.1, -0.05) is 57.2 Å². The van der Waals surface area contributed by atoms with E-state index in [0.717, 1.165) is 18.4 Å². The minimum Gasteiger partial charge on any atom is -0.382 e. The molecule has 0 aliphatic heterocycles. The quantitative estimate of drug-likeness (QED) is 0.395. The summed E-state index contributed by atoms with van der Waals surface area (Å²) in [4.78, 5) is 0. The molecule has 0 aliphatic carbocycles. The predicted octanol–water partition coefficient (Wildman–Crippen LogP) is 4.33. The molecule has 1 aromatic rings. The number of rotatable bonds is 13. The van der Waals surface area contributed by atoms with E-state index < -0.39 is 10.1 Å². The van der Waals surface area contributed by atoms with Crippen LogP contribution < -0.4 is 4.18 Å². The van der Waals surface area contributed by atoms with Crippen molar-refractivity contribution in [2.45, 2.75) is 58.8 Å². The van der Waals surface area contributed by atoms with E-state index in [-0.39, 0.29) is 12.4 Å². The molecule has 23 heavy (non-hydrogen) atoms. The van der Waals surface area contributed by atoms with Crippen molar-refractivity contribution in [3.63, 3.8) is 0 Å². The van der Waals surface area contributed by atoms with E-state index in [1.807, 2.05) is 19.1 Å². The third kappa shape index (κ3) is 8.96. The fraction of sp³-hybridized carbons (Fsp3) is 0.667. The van der Waals surface area contributed by atoms with Crippen molar-refractivity contribution in [2.75, 3.05) is 19.0 Å². The van der Waals surface area contributed by atoms with Gasteiger partial charge in [0, 0.05) is 6.61 Å². The van der Waals surface area contributed by atoms with Gasteiger partial charge in [-0.05, 0) is 31.4 Å². The van der Waals surface area contributed by atoms with Crippen LogP contribution in [0, 0.1) is 0 Å². The first-order chi connectivity index (χ1) is 11.1. The molecule has 0 saturated carbocycles. The van der Waals surface area contributed by atoms with Crippen molar-refractivity contribution >= 4 is 10.1 Å². The number of ether oxygens (including phenoxy) is 1. The molecule has 5 heteroatoms. The van der Waals surface area contributed by atoms with E-state index in [9.17, 15) is 8.42 Å². The van der Waals surface area contributed by atoms with E-state index in [2.05, 4.69) is 6.92 Å². The van der Waals surface area contributed by atoms with Crippen LogP contribution in [-0.2, 0) is 21.3 Å². The normalized spacial score (nSPS) is 11.6. The lowest BCUT2D eigenvalue weighted by Crippen LogP contribution is -2.18. The van der Waals surface area contributed by atoms with Gasteiger partial charge in [0.2, 0.25) is 0 Å². The summed E-state index contributed by atoms with van der Waals surface area (Å²) in [5.74, 6) is 0.337. The third-order valence-electron chi connectivity index (χ3n) is 3.67. The minimum atomic E-state index is -3.60. The summed E-state index contributed by atoms with van der Waals surface area (Å²) in [5, 5.41) is 0. The van der Waals surface area contributed by atoms with E-state index in [0.29, 0.717) is 12.4 Å². The number of aryl methyl sites for hydroxylation is 1. The molecule has 0 aliphatic rings. The number of para-hydroxylation sites is 1. The lowest BCUT2D eigenvalue weighted by molar-refractivity contribution is 0.162. The first kappa shape index (κ1) is 20.0. The van der Waals surface area contributed by atoms with Crippen LogP contribution in [0.3, 0.4) is 0 Å². The first-order valence-corrected chi connectivity index (χ1v) is 10.2. The molecule has 0 radical (unpaired) electrons. The Labute approximate surface area is 141 Å². The fourth-order valence-electron chi connectivity index (χ4n) is 2.37. The van der Waals surface area contributed by atoms with Crippen molar-refractivity contribution in [1.82, 2.24) is 0 Å². The molecular formula is C18H30O4S. The third-order valence-corrected chi connectivity index (χ3v) is 4.77. The molecule has 0 N–H and O–H groups in total. The Bertz CT molecular complexity index is 526. The summed E-state index contributed by atoms with van der Waals surface area (Å²) < 4.78 is 34.3. The zero-order valence-corrected chi connectivity index (χ0v) is 15.2. The highest BCUT2D eigenvalue weighted by atomic mass is 32.2. The van der Waals surface area contributed by atoms with Gasteiger partial charge in [-0.2, -0.15) is 8.42 Å². The van der Waals surface area contributed by atoms with Crippen LogP contribution in [0.15, 0.2) is 24.3 Å². The maximum Gasteiger partial charge on any atom is 0.311 e. The Morgan fingerprint density at radius 2 is 1.65 bits per heavy atom. The Morgan fingerprint density at radius 1 is 0.957 bits per heavy atom. The second-order valence-electron chi connectivity index (χ2n) is 5.67. The molecule has 1 aromatic carbocycles. The molecule has 0 heterocycles. The lowest BCUT2D eigenvalue weighted by atomic mass is 10.0. The molecule has 0 bridgehead atoms. The van der Waals surface area contributed by atoms with Crippen LogP contribution in [0.2, 0.25) is 0 Å². The Morgan fingerprint density at radius 3 is 2.39 bits per heavy atom. The van der Waals surface area contributed by atoms with Crippen LogP contribution >= 0.6 is 0 Å². The molecule has 0 spiro atoms. The fourth-order valence-corrected chi connectivity index (χ4v) is 3.21. The lowest BCUT2D eigenvalue weighted by Gasteiger charge is -2.11. The Hall–Kier alpha value is -1.07. The van der Waals surface area contributed by atoms with Gasteiger partial charge in [-0.25, -0.2) is 0 Å². The molecule has 4 nitrogen and oxygen atoms in total. The van der Waals surface area contributed by atoms with Crippen LogP contribution in [-0.4, -0.2) is 27.4 Å². The standard InChI is InChI=1S/C18H30O4S/c1-3-5-6-7-8-9-12-17-13-10-11-14-18(17)22-23(19,20)16-15-21-4-2/h10-11,13-14H,3-9,12,15-16H2,1-2H3. The van der Waals surface area contributed by atoms with Crippen molar-refractivity contribution < 1.29 is 17.3 Å². The van der Waals surface area contributed by atoms with Gasteiger partial charge in [0.1, 0.15) is 11.5 Å². The molecule has 0 atom stereocenters. The highest BCUT2D eigenvalue weighted by Gasteiger charge is 2.15. The topological polar surface area (TPSA) is 52.6 Å². The number of hydrogen-bond acceptors (Lipinski definition) is 4. The maximum atomic E-state index is 12.0. The summed E-state index contributed by atoms with van der Waals surface area (Å²) in [6.45, 7) is 4.71. The van der Waals surface area contributed by atoms with Crippen molar-refractivity contribution in [1.29, 1.82) is 0 Å². The van der Waals surface area contributed by atoms with Crippen molar-refractivity contribution in [3.05, 3.63) is 29.8 Å². The summed E-state index contributed by atoms with van der Waals surface area (Å²) in [6.07, 6.45) is 8.13. The van der Waals surface area contributed by atoms with Crippen molar-refractivity contribution in [2.24, 2.45) is 0 Å². The predicted molar refractivity (Wildman–Crippen MR) is 94.4 cm³/mol. The highest BCUT2D eigenvalue weighted by molar-refractivity contribution is 7.87. The minimum absolute atomic E-state index is 0.119. The molecule has 0 saturated heterocycles.